The first-order chi connectivity index (χ1) is 9.67. The molecule has 2 unspecified atom stereocenters. The van der Waals surface area contributed by atoms with Crippen LogP contribution in [0.25, 0.3) is 0 Å². The standard InChI is InChI=1S/C15H23N3O2/c1-3-15(17(4-2)14-8-9-16-11-14)12-6-5-7-13(10-12)18(19)20/h5-7,10,14-16H,3-4,8-9,11H2,1-2H3. The maximum absolute atomic E-state index is 10.9. The Morgan fingerprint density at radius 3 is 2.85 bits per heavy atom. The van der Waals surface area contributed by atoms with Gasteiger partial charge in [0.15, 0.2) is 0 Å². The van der Waals surface area contributed by atoms with E-state index < -0.39 is 0 Å². The van der Waals surface area contributed by atoms with Gasteiger partial charge in [0.2, 0.25) is 0 Å². The molecule has 0 amide bonds. The maximum atomic E-state index is 10.9. The third-order valence-corrected chi connectivity index (χ3v) is 4.12. The van der Waals surface area contributed by atoms with Gasteiger partial charge in [0.1, 0.15) is 0 Å². The number of hydrogen-bond acceptors (Lipinski definition) is 4. The van der Waals surface area contributed by atoms with E-state index in [1.54, 1.807) is 18.2 Å². The number of nitro groups is 1. The van der Waals surface area contributed by atoms with Gasteiger partial charge in [-0.3, -0.25) is 15.0 Å². The second-order valence-electron chi connectivity index (χ2n) is 5.25. The molecule has 2 atom stereocenters. The lowest BCUT2D eigenvalue weighted by molar-refractivity contribution is -0.385. The third-order valence-electron chi connectivity index (χ3n) is 4.12. The molecular weight excluding hydrogens is 254 g/mol. The molecule has 1 aromatic rings. The summed E-state index contributed by atoms with van der Waals surface area (Å²) in [7, 11) is 0. The van der Waals surface area contributed by atoms with E-state index in [1.807, 2.05) is 6.07 Å². The summed E-state index contributed by atoms with van der Waals surface area (Å²) in [6, 6.07) is 7.86. The summed E-state index contributed by atoms with van der Waals surface area (Å²) in [6.07, 6.45) is 2.12. The van der Waals surface area contributed by atoms with Crippen LogP contribution in [0.1, 0.15) is 38.3 Å². The highest BCUT2D eigenvalue weighted by molar-refractivity contribution is 5.36. The minimum absolute atomic E-state index is 0.182. The average molecular weight is 277 g/mol. The highest BCUT2D eigenvalue weighted by Crippen LogP contribution is 2.29. The summed E-state index contributed by atoms with van der Waals surface area (Å²) in [6.45, 7) is 7.35. The average Bonchev–Trinajstić information content (AvgIpc) is 2.98. The van der Waals surface area contributed by atoms with Crippen LogP contribution < -0.4 is 5.32 Å². The van der Waals surface area contributed by atoms with Crippen LogP contribution in [0, 0.1) is 10.1 Å². The van der Waals surface area contributed by atoms with E-state index in [2.05, 4.69) is 24.1 Å². The van der Waals surface area contributed by atoms with Crippen molar-refractivity contribution in [3.05, 3.63) is 39.9 Å². The summed E-state index contributed by atoms with van der Waals surface area (Å²) in [5.74, 6) is 0. The molecular formula is C15H23N3O2. The van der Waals surface area contributed by atoms with E-state index in [0.717, 1.165) is 38.0 Å². The number of nitrogens with one attached hydrogen (secondary N) is 1. The highest BCUT2D eigenvalue weighted by atomic mass is 16.6. The van der Waals surface area contributed by atoms with Gasteiger partial charge in [-0.25, -0.2) is 0 Å². The molecule has 1 saturated heterocycles. The van der Waals surface area contributed by atoms with Crippen LogP contribution in [0.4, 0.5) is 5.69 Å². The summed E-state index contributed by atoms with van der Waals surface area (Å²) < 4.78 is 0. The summed E-state index contributed by atoms with van der Waals surface area (Å²) in [4.78, 5) is 13.1. The molecule has 0 bridgehead atoms. The minimum atomic E-state index is -0.316. The zero-order valence-corrected chi connectivity index (χ0v) is 12.2. The first-order valence-electron chi connectivity index (χ1n) is 7.38. The fourth-order valence-electron chi connectivity index (χ4n) is 3.16. The predicted molar refractivity (Wildman–Crippen MR) is 79.8 cm³/mol. The minimum Gasteiger partial charge on any atom is -0.315 e. The molecule has 2 rings (SSSR count). The van der Waals surface area contributed by atoms with Crippen LogP contribution >= 0.6 is 0 Å². The molecule has 0 saturated carbocycles. The van der Waals surface area contributed by atoms with Crippen LogP contribution in [0.5, 0.6) is 0 Å². The van der Waals surface area contributed by atoms with E-state index in [9.17, 15) is 10.1 Å². The zero-order valence-electron chi connectivity index (χ0n) is 12.2. The Balaban J connectivity index is 2.25. The van der Waals surface area contributed by atoms with Crippen molar-refractivity contribution in [2.24, 2.45) is 0 Å². The van der Waals surface area contributed by atoms with Crippen LogP contribution in [0.15, 0.2) is 24.3 Å². The molecule has 1 aliphatic heterocycles. The number of nitro benzene ring substituents is 1. The largest absolute Gasteiger partial charge is 0.315 e. The number of hydrogen-bond donors (Lipinski definition) is 1. The second-order valence-corrected chi connectivity index (χ2v) is 5.25. The van der Waals surface area contributed by atoms with Gasteiger partial charge in [0.25, 0.3) is 5.69 Å². The van der Waals surface area contributed by atoms with Crippen LogP contribution in [-0.4, -0.2) is 35.5 Å². The zero-order chi connectivity index (χ0) is 14.5. The lowest BCUT2D eigenvalue weighted by Crippen LogP contribution is -2.39. The topological polar surface area (TPSA) is 58.4 Å². The highest BCUT2D eigenvalue weighted by Gasteiger charge is 2.28. The molecule has 1 aromatic carbocycles. The number of rotatable bonds is 6. The Morgan fingerprint density at radius 1 is 1.50 bits per heavy atom. The molecule has 5 heteroatoms. The Hall–Kier alpha value is -1.46. The van der Waals surface area contributed by atoms with E-state index in [0.29, 0.717) is 6.04 Å². The number of likely N-dealkylation sites (N-methyl/N-ethyl adjacent to an activating group) is 1. The molecule has 20 heavy (non-hydrogen) atoms. The fourth-order valence-corrected chi connectivity index (χ4v) is 3.16. The van der Waals surface area contributed by atoms with Crippen LogP contribution in [0.2, 0.25) is 0 Å². The number of nitrogens with zero attached hydrogens (tertiary/aromatic N) is 2. The van der Waals surface area contributed by atoms with Crippen molar-refractivity contribution in [1.82, 2.24) is 10.2 Å². The first kappa shape index (κ1) is 14.9. The lowest BCUT2D eigenvalue weighted by Gasteiger charge is -2.35. The normalized spacial score (nSPS) is 20.2. The predicted octanol–water partition coefficient (Wildman–Crippen LogP) is 2.73. The van der Waals surface area contributed by atoms with Crippen molar-refractivity contribution in [2.75, 3.05) is 19.6 Å². The quantitative estimate of drug-likeness (QED) is 0.641. The van der Waals surface area contributed by atoms with Gasteiger partial charge in [0, 0.05) is 30.8 Å². The van der Waals surface area contributed by atoms with Gasteiger partial charge in [-0.2, -0.15) is 0 Å². The smallest absolute Gasteiger partial charge is 0.269 e. The van der Waals surface area contributed by atoms with Crippen molar-refractivity contribution in [3.63, 3.8) is 0 Å². The van der Waals surface area contributed by atoms with Crippen molar-refractivity contribution < 1.29 is 4.92 Å². The molecule has 0 spiro atoms. The molecule has 1 fully saturated rings. The van der Waals surface area contributed by atoms with E-state index in [4.69, 9.17) is 0 Å². The fraction of sp³-hybridized carbons (Fsp3) is 0.600. The Bertz CT molecular complexity index is 458. The lowest BCUT2D eigenvalue weighted by atomic mass is 10.00. The molecule has 5 nitrogen and oxygen atoms in total. The SMILES string of the molecule is CCC(c1cccc([N+](=O)[O-])c1)N(CC)C1CCNC1. The van der Waals surface area contributed by atoms with Gasteiger partial charge >= 0.3 is 0 Å². The Morgan fingerprint density at radius 2 is 2.30 bits per heavy atom. The van der Waals surface area contributed by atoms with Gasteiger partial charge in [0.05, 0.1) is 4.92 Å². The second kappa shape index (κ2) is 6.81. The monoisotopic (exact) mass is 277 g/mol. The van der Waals surface area contributed by atoms with Crippen molar-refractivity contribution in [3.8, 4) is 0 Å². The third kappa shape index (κ3) is 3.16. The summed E-state index contributed by atoms with van der Waals surface area (Å²) >= 11 is 0. The number of benzene rings is 1. The molecule has 1 aliphatic rings. The number of non-ortho nitro benzene ring substituents is 1. The van der Waals surface area contributed by atoms with Gasteiger partial charge in [-0.1, -0.05) is 26.0 Å². The van der Waals surface area contributed by atoms with E-state index >= 15 is 0 Å². The molecule has 1 heterocycles. The molecule has 0 radical (unpaired) electrons. The van der Waals surface area contributed by atoms with Gasteiger partial charge < -0.3 is 5.32 Å². The maximum Gasteiger partial charge on any atom is 0.269 e. The van der Waals surface area contributed by atoms with E-state index in [1.165, 1.54) is 0 Å². The molecule has 110 valence electrons. The van der Waals surface area contributed by atoms with E-state index in [-0.39, 0.29) is 16.7 Å². The summed E-state index contributed by atoms with van der Waals surface area (Å²) in [5.41, 5.74) is 1.23. The molecule has 1 N–H and O–H groups in total. The van der Waals surface area contributed by atoms with Crippen molar-refractivity contribution >= 4 is 5.69 Å². The van der Waals surface area contributed by atoms with Crippen LogP contribution in [-0.2, 0) is 0 Å². The Labute approximate surface area is 120 Å². The van der Waals surface area contributed by atoms with Gasteiger partial charge in [-0.15, -0.1) is 0 Å². The first-order valence-corrected chi connectivity index (χ1v) is 7.38. The van der Waals surface area contributed by atoms with Crippen molar-refractivity contribution in [1.29, 1.82) is 0 Å². The van der Waals surface area contributed by atoms with Gasteiger partial charge in [-0.05, 0) is 31.5 Å². The van der Waals surface area contributed by atoms with Crippen LogP contribution in [0.3, 0.4) is 0 Å². The molecule has 0 aromatic heterocycles. The Kier molecular flexibility index (Phi) is 5.09. The summed E-state index contributed by atoms with van der Waals surface area (Å²) in [5, 5.41) is 14.3. The molecule has 0 aliphatic carbocycles. The van der Waals surface area contributed by atoms with Crippen molar-refractivity contribution in [2.45, 2.75) is 38.8 Å².